The lowest BCUT2D eigenvalue weighted by molar-refractivity contribution is -0.385. The minimum absolute atomic E-state index is 0.0841. The van der Waals surface area contributed by atoms with E-state index in [0.29, 0.717) is 25.8 Å². The Balaban J connectivity index is 2.12. The highest BCUT2D eigenvalue weighted by Gasteiger charge is 2.17. The normalized spacial score (nSPS) is 10.5. The number of nitrogens with zero attached hydrogens (tertiary/aromatic N) is 3. The van der Waals surface area contributed by atoms with Crippen LogP contribution in [0, 0.1) is 23.8 Å². The fourth-order valence-corrected chi connectivity index (χ4v) is 2.64. The van der Waals surface area contributed by atoms with E-state index in [2.05, 4.69) is 4.98 Å². The van der Waals surface area contributed by atoms with Crippen molar-refractivity contribution in [1.82, 2.24) is 4.98 Å². The molecule has 0 atom stereocenters. The molecule has 9 heteroatoms. The molecule has 120 valence electrons. The molecule has 0 bridgehead atoms. The van der Waals surface area contributed by atoms with Gasteiger partial charge in [-0.25, -0.2) is 0 Å². The van der Waals surface area contributed by atoms with Crippen molar-refractivity contribution >= 4 is 44.7 Å². The van der Waals surface area contributed by atoms with Crippen molar-refractivity contribution in [1.29, 1.82) is 0 Å². The van der Waals surface area contributed by atoms with Crippen LogP contribution in [0.2, 0.25) is 0 Å². The largest absolute Gasteiger partial charge is 0.455 e. The molecule has 0 unspecified atom stereocenters. The Morgan fingerprint density at radius 1 is 0.958 bits per heavy atom. The molecule has 0 aliphatic rings. The van der Waals surface area contributed by atoms with Gasteiger partial charge in [0.25, 0.3) is 11.4 Å². The van der Waals surface area contributed by atoms with Gasteiger partial charge in [-0.2, -0.15) is 0 Å². The van der Waals surface area contributed by atoms with E-state index in [4.69, 9.17) is 4.74 Å². The summed E-state index contributed by atoms with van der Waals surface area (Å²) in [4.78, 5) is 24.9. The standard InChI is InChI=1S/C15H8IN3O5/c16-12-2-1-9(18(20)21)7-15(12)24-14-4-3-13(19(22)23)11-8-17-6-5-10(11)14/h1-8H. The monoisotopic (exact) mass is 437 g/mol. The minimum atomic E-state index is -0.513. The average Bonchev–Trinajstić information content (AvgIpc) is 2.56. The highest BCUT2D eigenvalue weighted by Crippen LogP contribution is 2.37. The third-order valence-corrected chi connectivity index (χ3v) is 4.19. The first-order valence-electron chi connectivity index (χ1n) is 6.60. The van der Waals surface area contributed by atoms with Gasteiger partial charge in [-0.15, -0.1) is 0 Å². The molecule has 1 heterocycles. The number of halogens is 1. The molecular weight excluding hydrogens is 429 g/mol. The summed E-state index contributed by atoms with van der Waals surface area (Å²) >= 11 is 2.00. The Morgan fingerprint density at radius 2 is 1.75 bits per heavy atom. The molecule has 0 amide bonds. The Labute approximate surface area is 148 Å². The maximum atomic E-state index is 11.1. The third kappa shape index (κ3) is 2.97. The van der Waals surface area contributed by atoms with Crippen molar-refractivity contribution in [2.24, 2.45) is 0 Å². The van der Waals surface area contributed by atoms with Crippen LogP contribution in [0.5, 0.6) is 11.5 Å². The first-order valence-corrected chi connectivity index (χ1v) is 7.68. The van der Waals surface area contributed by atoms with Crippen LogP contribution < -0.4 is 4.74 Å². The van der Waals surface area contributed by atoms with Gasteiger partial charge in [-0.1, -0.05) is 0 Å². The predicted molar refractivity (Wildman–Crippen MR) is 94.3 cm³/mol. The van der Waals surface area contributed by atoms with Gasteiger partial charge in [0.1, 0.15) is 11.5 Å². The number of aromatic nitrogens is 1. The zero-order chi connectivity index (χ0) is 17.3. The SMILES string of the molecule is O=[N+]([O-])c1ccc(I)c(Oc2ccc([N+](=O)[O-])c3cnccc23)c1. The number of hydrogen-bond donors (Lipinski definition) is 0. The molecule has 0 spiro atoms. The highest BCUT2D eigenvalue weighted by atomic mass is 127. The van der Waals surface area contributed by atoms with Gasteiger partial charge in [-0.3, -0.25) is 25.2 Å². The summed E-state index contributed by atoms with van der Waals surface area (Å²) in [6.07, 6.45) is 2.88. The van der Waals surface area contributed by atoms with Crippen LogP contribution in [0.15, 0.2) is 48.8 Å². The highest BCUT2D eigenvalue weighted by molar-refractivity contribution is 14.1. The number of pyridine rings is 1. The zero-order valence-electron chi connectivity index (χ0n) is 11.9. The fourth-order valence-electron chi connectivity index (χ4n) is 2.20. The second-order valence-corrected chi connectivity index (χ2v) is 5.90. The summed E-state index contributed by atoms with van der Waals surface area (Å²) in [6.45, 7) is 0. The number of rotatable bonds is 4. The molecule has 0 saturated heterocycles. The van der Waals surface area contributed by atoms with Crippen LogP contribution in [0.3, 0.4) is 0 Å². The maximum absolute atomic E-state index is 11.1. The van der Waals surface area contributed by atoms with Crippen LogP contribution in [0.4, 0.5) is 11.4 Å². The molecule has 24 heavy (non-hydrogen) atoms. The molecule has 0 saturated carbocycles. The molecule has 0 fully saturated rings. The maximum Gasteiger partial charge on any atom is 0.279 e. The lowest BCUT2D eigenvalue weighted by Crippen LogP contribution is -1.95. The van der Waals surface area contributed by atoms with Crippen molar-refractivity contribution in [3.63, 3.8) is 0 Å². The molecule has 0 aliphatic carbocycles. The molecule has 0 N–H and O–H groups in total. The quantitative estimate of drug-likeness (QED) is 0.339. The van der Waals surface area contributed by atoms with E-state index in [9.17, 15) is 20.2 Å². The molecule has 3 rings (SSSR count). The van der Waals surface area contributed by atoms with E-state index in [1.54, 1.807) is 12.1 Å². The van der Waals surface area contributed by atoms with E-state index in [-0.39, 0.29) is 11.4 Å². The van der Waals surface area contributed by atoms with Crippen molar-refractivity contribution in [2.75, 3.05) is 0 Å². The Morgan fingerprint density at radius 3 is 2.46 bits per heavy atom. The summed E-state index contributed by atoms with van der Waals surface area (Å²) in [5.41, 5.74) is -0.183. The fraction of sp³-hybridized carbons (Fsp3) is 0. The average molecular weight is 437 g/mol. The van der Waals surface area contributed by atoms with Crippen LogP contribution >= 0.6 is 22.6 Å². The van der Waals surface area contributed by atoms with Gasteiger partial charge < -0.3 is 4.74 Å². The molecule has 8 nitrogen and oxygen atoms in total. The second kappa shape index (κ2) is 6.35. The summed E-state index contributed by atoms with van der Waals surface area (Å²) in [5, 5.41) is 22.9. The lowest BCUT2D eigenvalue weighted by atomic mass is 10.1. The zero-order valence-corrected chi connectivity index (χ0v) is 14.0. The number of hydrogen-bond acceptors (Lipinski definition) is 6. The summed E-state index contributed by atoms with van der Waals surface area (Å²) in [7, 11) is 0. The van der Waals surface area contributed by atoms with Crippen molar-refractivity contribution < 1.29 is 14.6 Å². The predicted octanol–water partition coefficient (Wildman–Crippen LogP) is 4.45. The molecule has 2 aromatic carbocycles. The second-order valence-electron chi connectivity index (χ2n) is 4.74. The van der Waals surface area contributed by atoms with E-state index in [1.165, 1.54) is 36.7 Å². The van der Waals surface area contributed by atoms with Gasteiger partial charge in [0.05, 0.1) is 24.9 Å². The first-order chi connectivity index (χ1) is 11.5. The van der Waals surface area contributed by atoms with Gasteiger partial charge in [0.15, 0.2) is 0 Å². The van der Waals surface area contributed by atoms with Gasteiger partial charge in [0, 0.05) is 29.9 Å². The molecule has 3 aromatic rings. The number of nitro groups is 2. The Bertz CT molecular complexity index is 976. The summed E-state index contributed by atoms with van der Waals surface area (Å²) in [6, 6.07) is 8.66. The molecule has 1 aromatic heterocycles. The summed E-state index contributed by atoms with van der Waals surface area (Å²) in [5.74, 6) is 0.660. The van der Waals surface area contributed by atoms with Crippen LogP contribution in [0.1, 0.15) is 0 Å². The van der Waals surface area contributed by atoms with Gasteiger partial charge >= 0.3 is 0 Å². The molecule has 0 aliphatic heterocycles. The molecule has 0 radical (unpaired) electrons. The Kier molecular flexibility index (Phi) is 4.25. The topological polar surface area (TPSA) is 108 Å². The number of benzene rings is 2. The van der Waals surface area contributed by atoms with Gasteiger partial charge in [0.2, 0.25) is 0 Å². The van der Waals surface area contributed by atoms with Gasteiger partial charge in [-0.05, 0) is 40.8 Å². The Hall–Kier alpha value is -2.82. The minimum Gasteiger partial charge on any atom is -0.455 e. The van der Waals surface area contributed by atoms with Crippen molar-refractivity contribution in [2.45, 2.75) is 0 Å². The van der Waals surface area contributed by atoms with Crippen molar-refractivity contribution in [3.8, 4) is 11.5 Å². The van der Waals surface area contributed by atoms with Crippen LogP contribution in [0.25, 0.3) is 10.8 Å². The lowest BCUT2D eigenvalue weighted by Gasteiger charge is -2.10. The summed E-state index contributed by atoms with van der Waals surface area (Å²) < 4.78 is 6.47. The first kappa shape index (κ1) is 16.1. The van der Waals surface area contributed by atoms with Crippen molar-refractivity contribution in [3.05, 3.63) is 72.6 Å². The number of fused-ring (bicyclic) bond motifs is 1. The van der Waals surface area contributed by atoms with E-state index in [0.717, 1.165) is 0 Å². The third-order valence-electron chi connectivity index (χ3n) is 3.30. The number of non-ortho nitro benzene ring substituents is 2. The molecular formula is C15H8IN3O5. The van der Waals surface area contributed by atoms with E-state index >= 15 is 0 Å². The number of ether oxygens (including phenoxy) is 1. The smallest absolute Gasteiger partial charge is 0.279 e. The van der Waals surface area contributed by atoms with E-state index < -0.39 is 9.85 Å². The van der Waals surface area contributed by atoms with E-state index in [1.807, 2.05) is 22.6 Å². The van der Waals surface area contributed by atoms with Crippen LogP contribution in [-0.2, 0) is 0 Å². The number of nitro benzene ring substituents is 2. The van der Waals surface area contributed by atoms with Crippen LogP contribution in [-0.4, -0.2) is 14.8 Å².